The molecule has 0 unspecified atom stereocenters. The van der Waals surface area contributed by atoms with Crippen LogP contribution in [0.1, 0.15) is 13.8 Å². The molecule has 39 heavy (non-hydrogen) atoms. The van der Waals surface area contributed by atoms with Gasteiger partial charge in [-0.2, -0.15) is 10.2 Å². The van der Waals surface area contributed by atoms with Crippen molar-refractivity contribution in [3.8, 4) is 11.5 Å². The van der Waals surface area contributed by atoms with Gasteiger partial charge in [0.25, 0.3) is 0 Å². The van der Waals surface area contributed by atoms with Crippen molar-refractivity contribution in [3.63, 3.8) is 0 Å². The molecule has 0 bridgehead atoms. The van der Waals surface area contributed by atoms with Crippen molar-refractivity contribution in [2.75, 3.05) is 10.9 Å². The molecule has 0 saturated carbocycles. The molecule has 2 aromatic heterocycles. The third kappa shape index (κ3) is 5.44. The van der Waals surface area contributed by atoms with Crippen LogP contribution in [0.4, 0.5) is 10.3 Å². The Bertz CT molecular complexity index is 1720. The van der Waals surface area contributed by atoms with E-state index in [0.717, 1.165) is 31.6 Å². The molecular formula is C28H20N6O3S2. The zero-order valence-electron chi connectivity index (χ0n) is 20.8. The van der Waals surface area contributed by atoms with Gasteiger partial charge in [-0.25, -0.2) is 9.97 Å². The van der Waals surface area contributed by atoms with Crippen LogP contribution in [0.25, 0.3) is 20.4 Å². The van der Waals surface area contributed by atoms with E-state index in [-0.39, 0.29) is 11.6 Å². The molecule has 2 N–H and O–H groups in total. The fraction of sp³-hybridized carbons (Fsp3) is 0.0714. The van der Waals surface area contributed by atoms with Crippen molar-refractivity contribution in [1.29, 1.82) is 0 Å². The fourth-order valence-corrected chi connectivity index (χ4v) is 5.49. The molecule has 4 aromatic rings. The molecular weight excluding hydrogens is 532 g/mol. The maximum Gasteiger partial charge on any atom is 0.205 e. The molecule has 0 saturated heterocycles. The lowest BCUT2D eigenvalue weighted by molar-refractivity contribution is -0.109. The van der Waals surface area contributed by atoms with E-state index in [0.29, 0.717) is 33.2 Å². The second-order valence-electron chi connectivity index (χ2n) is 8.79. The number of hydrazone groups is 2. The second kappa shape index (κ2) is 10.2. The number of fused-ring (bicyclic) bond motifs is 2. The molecule has 0 aliphatic heterocycles. The van der Waals surface area contributed by atoms with Gasteiger partial charge in [-0.3, -0.25) is 20.4 Å². The number of hydrogen-bond acceptors (Lipinski definition) is 11. The largest absolute Gasteiger partial charge is 0.457 e. The monoisotopic (exact) mass is 552 g/mol. The molecule has 2 aromatic carbocycles. The molecule has 0 radical (unpaired) electrons. The number of hydrogen-bond donors (Lipinski definition) is 2. The number of anilines is 2. The summed E-state index contributed by atoms with van der Waals surface area (Å²) in [5, 5.41) is 9.58. The van der Waals surface area contributed by atoms with Gasteiger partial charge in [0.2, 0.25) is 21.8 Å². The van der Waals surface area contributed by atoms with Gasteiger partial charge >= 0.3 is 0 Å². The van der Waals surface area contributed by atoms with Gasteiger partial charge in [-0.15, -0.1) is 0 Å². The Balaban J connectivity index is 1.16. The molecule has 0 fully saturated rings. The minimum Gasteiger partial charge on any atom is -0.457 e. The highest BCUT2D eigenvalue weighted by Gasteiger charge is 2.13. The van der Waals surface area contributed by atoms with Crippen LogP contribution in [-0.4, -0.2) is 33.0 Å². The van der Waals surface area contributed by atoms with Gasteiger partial charge in [-0.1, -0.05) is 34.8 Å². The average molecular weight is 553 g/mol. The first-order valence-corrected chi connectivity index (χ1v) is 13.5. The number of aromatic nitrogens is 2. The number of nitrogens with one attached hydrogen (secondary N) is 2. The smallest absolute Gasteiger partial charge is 0.205 e. The Kier molecular flexibility index (Phi) is 6.43. The molecule has 0 atom stereocenters. The Morgan fingerprint density at radius 2 is 1.15 bits per heavy atom. The highest BCUT2D eigenvalue weighted by molar-refractivity contribution is 7.22. The van der Waals surface area contributed by atoms with Gasteiger partial charge in [0, 0.05) is 12.1 Å². The highest BCUT2D eigenvalue weighted by Crippen LogP contribution is 2.34. The van der Waals surface area contributed by atoms with E-state index in [2.05, 4.69) is 31.0 Å². The number of rotatable bonds is 6. The van der Waals surface area contributed by atoms with Crippen LogP contribution >= 0.6 is 22.7 Å². The summed E-state index contributed by atoms with van der Waals surface area (Å²) in [4.78, 5) is 33.1. The lowest BCUT2D eigenvalue weighted by atomic mass is 10.1. The van der Waals surface area contributed by atoms with Crippen LogP contribution in [0.15, 0.2) is 94.2 Å². The van der Waals surface area contributed by atoms with E-state index in [4.69, 9.17) is 4.74 Å². The van der Waals surface area contributed by atoms with E-state index in [1.807, 2.05) is 50.2 Å². The van der Waals surface area contributed by atoms with Crippen molar-refractivity contribution < 1.29 is 14.3 Å². The summed E-state index contributed by atoms with van der Waals surface area (Å²) in [7, 11) is 0. The van der Waals surface area contributed by atoms with Crippen molar-refractivity contribution in [3.05, 3.63) is 84.0 Å². The van der Waals surface area contributed by atoms with Crippen molar-refractivity contribution >= 4 is 76.4 Å². The third-order valence-electron chi connectivity index (χ3n) is 5.73. The fourth-order valence-electron chi connectivity index (χ4n) is 3.81. The first-order valence-electron chi connectivity index (χ1n) is 11.9. The standard InChI is InChI=1S/C28H20N6O3S2/c1-15-3-9-23(35)21(11-15)31-33-27-29-19-7-5-17(13-25(19)38-27)37-18-6-8-20-26(14-18)39-28(30-20)34-32-22-12-16(2)4-10-24(22)36/h3-14H,1-2H3,(H,29,33)(H,30,34)/b31-21-,32-22+. The van der Waals surface area contributed by atoms with Crippen LogP contribution < -0.4 is 15.6 Å². The second-order valence-corrected chi connectivity index (χ2v) is 10.9. The van der Waals surface area contributed by atoms with E-state index in [1.54, 1.807) is 24.3 Å². The maximum absolute atomic E-state index is 12.0. The van der Waals surface area contributed by atoms with Gasteiger partial charge in [0.1, 0.15) is 22.9 Å². The number of nitrogens with zero attached hydrogens (tertiary/aromatic N) is 4. The Labute approximate surface area is 230 Å². The number of benzene rings is 2. The number of ketones is 2. The van der Waals surface area contributed by atoms with Crippen molar-refractivity contribution in [2.45, 2.75) is 13.8 Å². The lowest BCUT2D eigenvalue weighted by Gasteiger charge is -2.05. The van der Waals surface area contributed by atoms with E-state index >= 15 is 0 Å². The zero-order valence-corrected chi connectivity index (χ0v) is 22.4. The predicted molar refractivity (Wildman–Crippen MR) is 157 cm³/mol. The van der Waals surface area contributed by atoms with E-state index < -0.39 is 0 Å². The molecule has 2 heterocycles. The zero-order chi connectivity index (χ0) is 26.9. The topological polar surface area (TPSA) is 118 Å². The Hall–Kier alpha value is -4.74. The van der Waals surface area contributed by atoms with Crippen LogP contribution in [0.3, 0.4) is 0 Å². The molecule has 9 nitrogen and oxygen atoms in total. The summed E-state index contributed by atoms with van der Waals surface area (Å²) >= 11 is 2.83. The quantitative estimate of drug-likeness (QED) is 0.210. The van der Waals surface area contributed by atoms with Crippen molar-refractivity contribution in [2.24, 2.45) is 10.2 Å². The van der Waals surface area contributed by atoms with E-state index in [9.17, 15) is 9.59 Å². The van der Waals surface area contributed by atoms with Gasteiger partial charge in [0.15, 0.2) is 0 Å². The SMILES string of the molecule is CC1=C/C(=N/Nc2nc3ccc(Oc4ccc5nc(N/N=C6\C=C(C)C=CC6=O)sc5c4)cc3s2)C(=O)C=C1. The summed E-state index contributed by atoms with van der Waals surface area (Å²) in [6.07, 6.45) is 9.99. The highest BCUT2D eigenvalue weighted by atomic mass is 32.1. The van der Waals surface area contributed by atoms with Crippen LogP contribution in [0.5, 0.6) is 11.5 Å². The van der Waals surface area contributed by atoms with Gasteiger partial charge < -0.3 is 4.74 Å². The normalized spacial score (nSPS) is 17.3. The first kappa shape index (κ1) is 24.6. The summed E-state index contributed by atoms with van der Waals surface area (Å²) in [6, 6.07) is 11.3. The summed E-state index contributed by atoms with van der Waals surface area (Å²) in [5.41, 5.74) is 9.97. The summed E-state index contributed by atoms with van der Waals surface area (Å²) < 4.78 is 7.95. The Morgan fingerprint density at radius 1 is 0.692 bits per heavy atom. The molecule has 11 heteroatoms. The van der Waals surface area contributed by atoms with Gasteiger partial charge in [0.05, 0.1) is 20.4 Å². The summed E-state index contributed by atoms with van der Waals surface area (Å²) in [5.74, 6) is 1.02. The molecule has 6 rings (SSSR count). The molecule has 2 aliphatic rings. The number of carbonyl (C=O) groups is 2. The van der Waals surface area contributed by atoms with Crippen LogP contribution in [0.2, 0.25) is 0 Å². The van der Waals surface area contributed by atoms with Gasteiger partial charge in [-0.05, 0) is 73.6 Å². The number of ether oxygens (including phenoxy) is 1. The lowest BCUT2D eigenvalue weighted by Crippen LogP contribution is -2.13. The Morgan fingerprint density at radius 3 is 1.62 bits per heavy atom. The number of allylic oxidation sites excluding steroid dienone is 8. The molecule has 0 spiro atoms. The molecule has 0 amide bonds. The third-order valence-corrected chi connectivity index (χ3v) is 7.57. The summed E-state index contributed by atoms with van der Waals surface area (Å²) in [6.45, 7) is 3.82. The number of thiazole rings is 2. The van der Waals surface area contributed by atoms with Crippen LogP contribution in [-0.2, 0) is 9.59 Å². The van der Waals surface area contributed by atoms with Crippen molar-refractivity contribution in [1.82, 2.24) is 9.97 Å². The number of carbonyl (C=O) groups excluding carboxylic acids is 2. The molecule has 2 aliphatic carbocycles. The average Bonchev–Trinajstić information content (AvgIpc) is 3.52. The van der Waals surface area contributed by atoms with E-state index in [1.165, 1.54) is 34.8 Å². The minimum atomic E-state index is -0.150. The predicted octanol–water partition coefficient (Wildman–Crippen LogP) is 6.40. The van der Waals surface area contributed by atoms with Crippen LogP contribution in [0, 0.1) is 0 Å². The first-order chi connectivity index (χ1) is 18.9. The molecule has 192 valence electrons. The maximum atomic E-state index is 12.0. The minimum absolute atomic E-state index is 0.150.